The summed E-state index contributed by atoms with van der Waals surface area (Å²) in [5, 5.41) is 47.6. The smallest absolute Gasteiger partial charge is 0.854 e. The van der Waals surface area contributed by atoms with Crippen LogP contribution in [0.15, 0.2) is 0 Å². The van der Waals surface area contributed by atoms with Crippen molar-refractivity contribution < 1.29 is 47.9 Å². The third kappa shape index (κ3) is 122. The summed E-state index contributed by atoms with van der Waals surface area (Å²) in [6.45, 7) is 10.5. The minimum Gasteiger partial charge on any atom is -0.854 e. The Morgan fingerprint density at radius 2 is 0.462 bits per heavy atom. The Balaban J connectivity index is -0.0000000476. The van der Waals surface area contributed by atoms with E-state index in [1.165, 1.54) is 0 Å². The van der Waals surface area contributed by atoms with Gasteiger partial charge >= 0.3 is 22.4 Å². The fraction of sp³-hybridized carbons (Fsp3) is 1.00. The van der Waals surface area contributed by atoms with E-state index in [9.17, 15) is 25.5 Å². The molecule has 0 aliphatic heterocycles. The number of rotatable bonds is 10. The molecule has 0 rings (SSSR count). The predicted molar refractivity (Wildman–Crippen MR) is 98.9 cm³/mol. The van der Waals surface area contributed by atoms with Crippen LogP contribution >= 0.6 is 0 Å². The molecule has 0 heterocycles. The van der Waals surface area contributed by atoms with Crippen LogP contribution in [0.1, 0.15) is 98.8 Å². The molecule has 0 saturated heterocycles. The van der Waals surface area contributed by atoms with Crippen molar-refractivity contribution in [1.82, 2.24) is 0 Å². The third-order valence-electron chi connectivity index (χ3n) is 2.49. The van der Waals surface area contributed by atoms with Gasteiger partial charge in [-0.2, -0.15) is 0 Å². The molecule has 0 unspecified atom stereocenters. The van der Waals surface area contributed by atoms with E-state index in [2.05, 4.69) is 0 Å². The second-order valence-electron chi connectivity index (χ2n) is 5.29. The molecule has 26 heavy (non-hydrogen) atoms. The second kappa shape index (κ2) is 63.7. The van der Waals surface area contributed by atoms with Crippen molar-refractivity contribution in [3.63, 3.8) is 0 Å². The molecule has 0 aromatic rings. The summed E-state index contributed by atoms with van der Waals surface area (Å²) in [6.07, 6.45) is 9.32. The first-order chi connectivity index (χ1) is 12.1. The molecular weight excluding hydrogens is 413 g/mol. The molecule has 0 bridgehead atoms. The zero-order valence-corrected chi connectivity index (χ0v) is 20.3. The van der Waals surface area contributed by atoms with Crippen LogP contribution in [0, 0.1) is 0 Å². The molecule has 6 heteroatoms. The van der Waals surface area contributed by atoms with E-state index in [-0.39, 0.29) is 55.4 Å². The Bertz CT molecular complexity index is 96.5. The molecule has 0 aliphatic rings. The predicted octanol–water partition coefficient (Wildman–Crippen LogP) is 0.732. The fourth-order valence-corrected chi connectivity index (χ4v) is 0.722. The van der Waals surface area contributed by atoms with Crippen LogP contribution in [-0.2, 0) is 22.4 Å². The van der Waals surface area contributed by atoms with E-state index < -0.39 is 0 Å². The largest absolute Gasteiger partial charge is 2.00 e. The van der Waals surface area contributed by atoms with Gasteiger partial charge in [0.15, 0.2) is 0 Å². The maximum absolute atomic E-state index is 9.53. The van der Waals surface area contributed by atoms with Gasteiger partial charge in [0.2, 0.25) is 0 Å². The van der Waals surface area contributed by atoms with Gasteiger partial charge in [0.1, 0.15) is 0 Å². The molecule has 0 amide bonds. The summed E-state index contributed by atoms with van der Waals surface area (Å²) in [6, 6.07) is 0. The average molecular weight is 458 g/mol. The van der Waals surface area contributed by atoms with Crippen LogP contribution in [-0.4, -0.2) is 33.0 Å². The Labute approximate surface area is 179 Å². The summed E-state index contributed by atoms with van der Waals surface area (Å²) >= 11 is 0. The quantitative estimate of drug-likeness (QED) is 0.448. The summed E-state index contributed by atoms with van der Waals surface area (Å²) in [5.74, 6) is 0. The van der Waals surface area contributed by atoms with Crippen LogP contribution in [0.4, 0.5) is 0 Å². The molecule has 0 aromatic carbocycles. The molecule has 0 fully saturated rings. The minimum absolute atomic E-state index is 0. The monoisotopic (exact) mass is 458 g/mol. The standard InChI is InChI=1S/5C4H9O.Nb/c5*1-2-3-4-5;/h5*2-4H2,1H3;/q5*-1;+2. The second-order valence-corrected chi connectivity index (χ2v) is 5.29. The first kappa shape index (κ1) is 41.0. The zero-order valence-electron chi connectivity index (χ0n) is 18.1. The first-order valence-corrected chi connectivity index (χ1v) is 9.98. The van der Waals surface area contributed by atoms with Crippen molar-refractivity contribution in [2.75, 3.05) is 33.0 Å². The number of hydrogen-bond acceptors (Lipinski definition) is 5. The van der Waals surface area contributed by atoms with Gasteiger partial charge in [-0.3, -0.25) is 0 Å². The van der Waals surface area contributed by atoms with Crippen molar-refractivity contribution in [3.8, 4) is 0 Å². The van der Waals surface area contributed by atoms with E-state index in [0.29, 0.717) is 0 Å². The molecule has 1 radical (unpaired) electrons. The third-order valence-corrected chi connectivity index (χ3v) is 2.49. The number of unbranched alkanes of at least 4 members (excludes halogenated alkanes) is 5. The SMILES string of the molecule is CCCC[O-].CCCC[O-].CCCC[O-].CCCC[O-].CCCC[O-].[Nb+2]. The van der Waals surface area contributed by atoms with Crippen molar-refractivity contribution >= 4 is 0 Å². The average Bonchev–Trinajstić information content (AvgIpc) is 2.61. The van der Waals surface area contributed by atoms with Crippen molar-refractivity contribution in [3.05, 3.63) is 0 Å². The van der Waals surface area contributed by atoms with E-state index >= 15 is 0 Å². The van der Waals surface area contributed by atoms with Gasteiger partial charge in [-0.1, -0.05) is 98.8 Å². The van der Waals surface area contributed by atoms with Gasteiger partial charge in [-0.15, -0.1) is 33.0 Å². The number of hydrogen-bond donors (Lipinski definition) is 0. The molecule has 0 saturated carbocycles. The van der Waals surface area contributed by atoms with Gasteiger partial charge in [0, 0.05) is 0 Å². The fourth-order valence-electron chi connectivity index (χ4n) is 0.722. The van der Waals surface area contributed by atoms with Crippen LogP contribution in [0.25, 0.3) is 0 Å². The van der Waals surface area contributed by atoms with E-state index in [4.69, 9.17) is 0 Å². The normalized spacial score (nSPS) is 8.08. The summed E-state index contributed by atoms with van der Waals surface area (Å²) in [4.78, 5) is 0. The molecule has 0 aliphatic carbocycles. The summed E-state index contributed by atoms with van der Waals surface area (Å²) < 4.78 is 0. The van der Waals surface area contributed by atoms with Crippen molar-refractivity contribution in [1.29, 1.82) is 0 Å². The Hall–Kier alpha value is 0.540. The van der Waals surface area contributed by atoms with E-state index in [0.717, 1.165) is 64.2 Å². The molecule has 163 valence electrons. The Morgan fingerprint density at radius 3 is 0.462 bits per heavy atom. The summed E-state index contributed by atoms with van der Waals surface area (Å²) in [7, 11) is 0. The maximum atomic E-state index is 9.53. The van der Waals surface area contributed by atoms with Crippen molar-refractivity contribution in [2.45, 2.75) is 98.8 Å². The van der Waals surface area contributed by atoms with Gasteiger partial charge in [-0.05, 0) is 0 Å². The van der Waals surface area contributed by atoms with Crippen molar-refractivity contribution in [2.24, 2.45) is 0 Å². The first-order valence-electron chi connectivity index (χ1n) is 9.98. The van der Waals surface area contributed by atoms with Crippen LogP contribution in [0.5, 0.6) is 0 Å². The Kier molecular flexibility index (Phi) is 101. The van der Waals surface area contributed by atoms with E-state index in [1.54, 1.807) is 0 Å². The molecule has 0 aromatic heterocycles. The molecular formula is C20H45NbO5-3. The maximum Gasteiger partial charge on any atom is 2.00 e. The minimum atomic E-state index is 0. The van der Waals surface area contributed by atoms with Gasteiger partial charge in [-0.25, -0.2) is 0 Å². The molecule has 0 spiro atoms. The van der Waals surface area contributed by atoms with Gasteiger partial charge in [0.25, 0.3) is 0 Å². The van der Waals surface area contributed by atoms with Gasteiger partial charge in [0.05, 0.1) is 0 Å². The van der Waals surface area contributed by atoms with Crippen LogP contribution < -0.4 is 25.5 Å². The molecule has 0 atom stereocenters. The molecule has 0 N–H and O–H groups in total. The zero-order chi connectivity index (χ0) is 20.6. The summed E-state index contributed by atoms with van der Waals surface area (Å²) in [5.41, 5.74) is 0. The van der Waals surface area contributed by atoms with Gasteiger partial charge < -0.3 is 25.5 Å². The Morgan fingerprint density at radius 1 is 0.346 bits per heavy atom. The van der Waals surface area contributed by atoms with E-state index in [1.807, 2.05) is 34.6 Å². The van der Waals surface area contributed by atoms with Crippen LogP contribution in [0.3, 0.4) is 0 Å². The molecule has 5 nitrogen and oxygen atoms in total. The van der Waals surface area contributed by atoms with Crippen LogP contribution in [0.2, 0.25) is 0 Å². The topological polar surface area (TPSA) is 115 Å².